The van der Waals surface area contributed by atoms with E-state index < -0.39 is 0 Å². The number of ether oxygens (including phenoxy) is 1. The van der Waals surface area contributed by atoms with Gasteiger partial charge >= 0.3 is 0 Å². The molecule has 0 radical (unpaired) electrons. The maximum absolute atomic E-state index is 5.84. The van der Waals surface area contributed by atoms with Crippen LogP contribution in [-0.2, 0) is 6.61 Å². The first kappa shape index (κ1) is 15.9. The summed E-state index contributed by atoms with van der Waals surface area (Å²) in [7, 11) is 0. The molecule has 0 amide bonds. The lowest BCUT2D eigenvalue weighted by Gasteiger charge is -2.05. The SMILES string of the molecule is Cc1nc(/C=N\n2c(COc3ccc(Cl)cc3)n[nH]c2=S)cs1. The number of benzene rings is 1. The Morgan fingerprint density at radius 2 is 2.22 bits per heavy atom. The molecule has 0 aliphatic heterocycles. The van der Waals surface area contributed by atoms with E-state index in [2.05, 4.69) is 20.3 Å². The Bertz CT molecular complexity index is 881. The molecule has 3 rings (SSSR count). The van der Waals surface area contributed by atoms with Gasteiger partial charge in [0.2, 0.25) is 4.77 Å². The number of aryl methyl sites for hydroxylation is 1. The van der Waals surface area contributed by atoms with Crippen LogP contribution < -0.4 is 4.74 Å². The Balaban J connectivity index is 1.74. The number of rotatable bonds is 5. The monoisotopic (exact) mass is 365 g/mol. The standard InChI is InChI=1S/C14H12ClN5OS2/c1-9-17-11(8-23-9)6-16-20-13(18-19-14(20)22)7-21-12-4-2-10(15)3-5-12/h2-6,8H,7H2,1H3,(H,19,22)/b16-6-. The highest BCUT2D eigenvalue weighted by molar-refractivity contribution is 7.71. The van der Waals surface area contributed by atoms with Crippen LogP contribution in [0.3, 0.4) is 0 Å². The zero-order valence-electron chi connectivity index (χ0n) is 12.1. The Kier molecular flexibility index (Phi) is 4.85. The molecular weight excluding hydrogens is 354 g/mol. The molecule has 3 aromatic rings. The quantitative estimate of drug-likeness (QED) is 0.551. The van der Waals surface area contributed by atoms with Gasteiger partial charge in [0.1, 0.15) is 12.4 Å². The lowest BCUT2D eigenvalue weighted by Crippen LogP contribution is -2.04. The van der Waals surface area contributed by atoms with Gasteiger partial charge in [0, 0.05) is 10.4 Å². The highest BCUT2D eigenvalue weighted by Crippen LogP contribution is 2.16. The van der Waals surface area contributed by atoms with Crippen molar-refractivity contribution < 1.29 is 4.74 Å². The molecule has 0 fully saturated rings. The van der Waals surface area contributed by atoms with Gasteiger partial charge in [-0.25, -0.2) is 10.1 Å². The topological polar surface area (TPSA) is 68.1 Å². The maximum Gasteiger partial charge on any atom is 0.216 e. The predicted molar refractivity (Wildman–Crippen MR) is 93.0 cm³/mol. The lowest BCUT2D eigenvalue weighted by molar-refractivity contribution is 0.290. The van der Waals surface area contributed by atoms with E-state index in [-0.39, 0.29) is 6.61 Å². The van der Waals surface area contributed by atoms with Crippen LogP contribution in [0.5, 0.6) is 5.75 Å². The van der Waals surface area contributed by atoms with Crippen LogP contribution in [0.15, 0.2) is 34.7 Å². The molecule has 9 heteroatoms. The molecule has 0 aliphatic rings. The summed E-state index contributed by atoms with van der Waals surface area (Å²) < 4.78 is 7.57. The van der Waals surface area contributed by atoms with Gasteiger partial charge in [0.05, 0.1) is 16.9 Å². The van der Waals surface area contributed by atoms with Gasteiger partial charge in [-0.2, -0.15) is 14.9 Å². The van der Waals surface area contributed by atoms with Crippen molar-refractivity contribution in [2.24, 2.45) is 5.10 Å². The Morgan fingerprint density at radius 1 is 1.43 bits per heavy atom. The lowest BCUT2D eigenvalue weighted by atomic mass is 10.3. The van der Waals surface area contributed by atoms with Crippen molar-refractivity contribution in [1.29, 1.82) is 0 Å². The van der Waals surface area contributed by atoms with Gasteiger partial charge in [-0.1, -0.05) is 11.6 Å². The molecule has 23 heavy (non-hydrogen) atoms. The molecular formula is C14H12ClN5OS2. The van der Waals surface area contributed by atoms with Crippen LogP contribution in [0.4, 0.5) is 0 Å². The molecule has 0 bridgehead atoms. The first-order valence-electron chi connectivity index (χ1n) is 6.63. The Labute approximate surface area is 146 Å². The van der Waals surface area contributed by atoms with Gasteiger partial charge in [-0.05, 0) is 43.4 Å². The summed E-state index contributed by atoms with van der Waals surface area (Å²) >= 11 is 12.6. The highest BCUT2D eigenvalue weighted by atomic mass is 35.5. The van der Waals surface area contributed by atoms with Crippen LogP contribution in [0.25, 0.3) is 0 Å². The van der Waals surface area contributed by atoms with Crippen LogP contribution >= 0.6 is 35.2 Å². The number of H-pyrrole nitrogens is 1. The van der Waals surface area contributed by atoms with Crippen molar-refractivity contribution >= 4 is 41.4 Å². The number of hydrogen-bond donors (Lipinski definition) is 1. The zero-order valence-corrected chi connectivity index (χ0v) is 14.5. The van der Waals surface area contributed by atoms with Crippen LogP contribution in [-0.4, -0.2) is 26.1 Å². The van der Waals surface area contributed by atoms with E-state index in [1.165, 1.54) is 4.68 Å². The zero-order chi connectivity index (χ0) is 16.2. The van der Waals surface area contributed by atoms with E-state index in [4.69, 9.17) is 28.6 Å². The molecule has 0 spiro atoms. The summed E-state index contributed by atoms with van der Waals surface area (Å²) in [5.41, 5.74) is 0.778. The second-order valence-corrected chi connectivity index (χ2v) is 6.42. The first-order chi connectivity index (χ1) is 11.1. The number of nitrogens with zero attached hydrogens (tertiary/aromatic N) is 4. The van der Waals surface area contributed by atoms with Crippen LogP contribution in [0.2, 0.25) is 5.02 Å². The second-order valence-electron chi connectivity index (χ2n) is 4.54. The Morgan fingerprint density at radius 3 is 2.91 bits per heavy atom. The van der Waals surface area contributed by atoms with Crippen molar-refractivity contribution in [3.63, 3.8) is 0 Å². The third kappa shape index (κ3) is 4.04. The van der Waals surface area contributed by atoms with Gasteiger partial charge in [-0.3, -0.25) is 0 Å². The van der Waals surface area contributed by atoms with E-state index in [1.54, 1.807) is 41.8 Å². The van der Waals surface area contributed by atoms with E-state index >= 15 is 0 Å². The van der Waals surface area contributed by atoms with E-state index in [9.17, 15) is 0 Å². The third-order valence-electron chi connectivity index (χ3n) is 2.84. The maximum atomic E-state index is 5.84. The van der Waals surface area contributed by atoms with Crippen molar-refractivity contribution in [2.45, 2.75) is 13.5 Å². The third-order valence-corrected chi connectivity index (χ3v) is 4.15. The molecule has 2 heterocycles. The predicted octanol–water partition coefficient (Wildman–Crippen LogP) is 3.82. The van der Waals surface area contributed by atoms with Crippen molar-refractivity contribution in [3.8, 4) is 5.75 Å². The minimum Gasteiger partial charge on any atom is -0.486 e. The summed E-state index contributed by atoms with van der Waals surface area (Å²) in [6, 6.07) is 7.10. The average molecular weight is 366 g/mol. The fourth-order valence-corrected chi connectivity index (χ4v) is 2.66. The number of halogens is 1. The molecule has 2 aromatic heterocycles. The van der Waals surface area contributed by atoms with Crippen LogP contribution in [0, 0.1) is 11.7 Å². The van der Waals surface area contributed by atoms with Crippen molar-refractivity contribution in [2.75, 3.05) is 0 Å². The van der Waals surface area contributed by atoms with E-state index in [0.29, 0.717) is 21.4 Å². The number of thiazole rings is 1. The molecule has 0 unspecified atom stereocenters. The molecule has 6 nitrogen and oxygen atoms in total. The average Bonchev–Trinajstić information content (AvgIpc) is 3.11. The number of aromatic nitrogens is 4. The number of aromatic amines is 1. The van der Waals surface area contributed by atoms with Gasteiger partial charge in [0.25, 0.3) is 0 Å². The minimum absolute atomic E-state index is 0.224. The number of nitrogens with one attached hydrogen (secondary N) is 1. The summed E-state index contributed by atoms with van der Waals surface area (Å²) in [6.45, 7) is 2.17. The highest BCUT2D eigenvalue weighted by Gasteiger charge is 2.06. The van der Waals surface area contributed by atoms with Gasteiger partial charge in [0.15, 0.2) is 5.82 Å². The molecule has 0 atom stereocenters. The molecule has 0 saturated carbocycles. The smallest absolute Gasteiger partial charge is 0.216 e. The fourth-order valence-electron chi connectivity index (χ4n) is 1.77. The van der Waals surface area contributed by atoms with E-state index in [1.807, 2.05) is 12.3 Å². The van der Waals surface area contributed by atoms with Crippen LogP contribution in [0.1, 0.15) is 16.5 Å². The normalized spacial score (nSPS) is 11.2. The van der Waals surface area contributed by atoms with E-state index in [0.717, 1.165) is 10.7 Å². The molecule has 1 aromatic carbocycles. The largest absolute Gasteiger partial charge is 0.486 e. The summed E-state index contributed by atoms with van der Waals surface area (Å²) in [6.07, 6.45) is 1.64. The van der Waals surface area contributed by atoms with Crippen molar-refractivity contribution in [3.05, 3.63) is 56.0 Å². The van der Waals surface area contributed by atoms with Crippen molar-refractivity contribution in [1.82, 2.24) is 19.9 Å². The summed E-state index contributed by atoms with van der Waals surface area (Å²) in [5, 5.41) is 14.7. The second kappa shape index (κ2) is 7.03. The van der Waals surface area contributed by atoms with Gasteiger partial charge in [-0.15, -0.1) is 11.3 Å². The fraction of sp³-hybridized carbons (Fsp3) is 0.143. The molecule has 118 valence electrons. The molecule has 1 N–H and O–H groups in total. The Hall–Kier alpha value is -2.03. The number of hydrogen-bond acceptors (Lipinski definition) is 6. The summed E-state index contributed by atoms with van der Waals surface area (Å²) in [4.78, 5) is 4.32. The van der Waals surface area contributed by atoms with Gasteiger partial charge < -0.3 is 4.74 Å². The molecule has 0 aliphatic carbocycles. The molecule has 0 saturated heterocycles. The first-order valence-corrected chi connectivity index (χ1v) is 8.29. The summed E-state index contributed by atoms with van der Waals surface area (Å²) in [5.74, 6) is 1.25. The minimum atomic E-state index is 0.224.